The van der Waals surface area contributed by atoms with Crippen molar-refractivity contribution in [1.82, 2.24) is 0 Å². The molecule has 170 valence electrons. The van der Waals surface area contributed by atoms with E-state index < -0.39 is 17.5 Å². The molecule has 8 heteroatoms. The summed E-state index contributed by atoms with van der Waals surface area (Å²) in [5, 5.41) is 10.2. The fourth-order valence-corrected chi connectivity index (χ4v) is 3.05. The number of carbonyl (C=O) groups is 1. The second-order valence-corrected chi connectivity index (χ2v) is 6.83. The standard InChI is InChI=1S/C25H20F3NO4/c1-32-22-13-11-17(14-20(22)29-15-18-7-5-9-23(33-2)24(18)31)21(30)12-10-16-6-3-4-8-19(16)25(26,27)28/h3-15,31H,1-2H3/b12-10+,29-15?. The van der Waals surface area contributed by atoms with Crippen molar-refractivity contribution in [2.45, 2.75) is 6.18 Å². The lowest BCUT2D eigenvalue weighted by Gasteiger charge is -2.09. The predicted molar refractivity (Wildman–Crippen MR) is 120 cm³/mol. The Hall–Kier alpha value is -4.07. The molecular formula is C25H20F3NO4. The number of hydrogen-bond donors (Lipinski definition) is 1. The van der Waals surface area contributed by atoms with Crippen LogP contribution in [-0.2, 0) is 6.18 Å². The maximum absolute atomic E-state index is 13.2. The molecule has 0 bridgehead atoms. The van der Waals surface area contributed by atoms with Crippen LogP contribution in [0.4, 0.5) is 18.9 Å². The molecule has 0 aliphatic heterocycles. The molecule has 5 nitrogen and oxygen atoms in total. The first-order valence-electron chi connectivity index (χ1n) is 9.71. The summed E-state index contributed by atoms with van der Waals surface area (Å²) in [7, 11) is 2.86. The number of hydrogen-bond acceptors (Lipinski definition) is 5. The molecule has 1 N–H and O–H groups in total. The van der Waals surface area contributed by atoms with E-state index in [0.717, 1.165) is 18.2 Å². The van der Waals surface area contributed by atoms with Crippen molar-refractivity contribution in [3.8, 4) is 17.2 Å². The minimum absolute atomic E-state index is 0.0961. The number of para-hydroxylation sites is 1. The number of allylic oxidation sites excluding steroid dienone is 1. The van der Waals surface area contributed by atoms with Crippen molar-refractivity contribution in [1.29, 1.82) is 0 Å². The summed E-state index contributed by atoms with van der Waals surface area (Å²) in [5.74, 6) is 0.0484. The number of ether oxygens (including phenoxy) is 2. The fourth-order valence-electron chi connectivity index (χ4n) is 3.05. The van der Waals surface area contributed by atoms with Crippen molar-refractivity contribution < 1.29 is 32.5 Å². The van der Waals surface area contributed by atoms with E-state index in [4.69, 9.17) is 9.47 Å². The summed E-state index contributed by atoms with van der Waals surface area (Å²) in [6, 6.07) is 14.4. The minimum atomic E-state index is -4.53. The molecule has 0 fully saturated rings. The maximum atomic E-state index is 13.2. The second-order valence-electron chi connectivity index (χ2n) is 6.83. The summed E-state index contributed by atoms with van der Waals surface area (Å²) >= 11 is 0. The molecule has 0 saturated heterocycles. The largest absolute Gasteiger partial charge is 0.504 e. The zero-order chi connectivity index (χ0) is 24.0. The zero-order valence-electron chi connectivity index (χ0n) is 17.8. The van der Waals surface area contributed by atoms with Gasteiger partial charge in [0, 0.05) is 17.3 Å². The Kier molecular flexibility index (Phi) is 7.17. The van der Waals surface area contributed by atoms with Gasteiger partial charge < -0.3 is 14.6 Å². The van der Waals surface area contributed by atoms with Gasteiger partial charge in [-0.2, -0.15) is 13.2 Å². The molecule has 3 rings (SSSR count). The first-order chi connectivity index (χ1) is 15.7. The molecular weight excluding hydrogens is 435 g/mol. The van der Waals surface area contributed by atoms with Crippen LogP contribution >= 0.6 is 0 Å². The molecule has 0 unspecified atom stereocenters. The Morgan fingerprint density at radius 3 is 2.33 bits per heavy atom. The molecule has 0 atom stereocenters. The number of benzene rings is 3. The molecule has 0 spiro atoms. The number of rotatable bonds is 7. The van der Waals surface area contributed by atoms with E-state index in [1.165, 1.54) is 56.8 Å². The lowest BCUT2D eigenvalue weighted by atomic mass is 10.0. The monoisotopic (exact) mass is 455 g/mol. The molecule has 33 heavy (non-hydrogen) atoms. The van der Waals surface area contributed by atoms with Gasteiger partial charge in [-0.3, -0.25) is 9.79 Å². The molecule has 0 aliphatic rings. The van der Waals surface area contributed by atoms with Gasteiger partial charge in [-0.25, -0.2) is 0 Å². The van der Waals surface area contributed by atoms with Gasteiger partial charge in [0.2, 0.25) is 0 Å². The minimum Gasteiger partial charge on any atom is -0.504 e. The highest BCUT2D eigenvalue weighted by atomic mass is 19.4. The number of methoxy groups -OCH3 is 2. The summed E-state index contributed by atoms with van der Waals surface area (Å²) in [4.78, 5) is 16.9. The van der Waals surface area contributed by atoms with Crippen LogP contribution in [0.1, 0.15) is 27.0 Å². The van der Waals surface area contributed by atoms with Gasteiger partial charge in [0.1, 0.15) is 11.4 Å². The van der Waals surface area contributed by atoms with E-state index in [1.54, 1.807) is 18.2 Å². The van der Waals surface area contributed by atoms with E-state index in [1.807, 2.05) is 0 Å². The van der Waals surface area contributed by atoms with E-state index in [0.29, 0.717) is 17.0 Å². The number of aromatic hydroxyl groups is 1. The van der Waals surface area contributed by atoms with E-state index in [-0.39, 0.29) is 22.6 Å². The van der Waals surface area contributed by atoms with Crippen LogP contribution in [0.3, 0.4) is 0 Å². The average molecular weight is 455 g/mol. The van der Waals surface area contributed by atoms with Crippen LogP contribution in [0, 0.1) is 0 Å². The van der Waals surface area contributed by atoms with E-state index in [9.17, 15) is 23.1 Å². The summed E-state index contributed by atoms with van der Waals surface area (Å²) < 4.78 is 49.8. The molecule has 3 aromatic carbocycles. The SMILES string of the molecule is COc1ccc(C(=O)/C=C/c2ccccc2C(F)(F)F)cc1N=Cc1cccc(OC)c1O. The van der Waals surface area contributed by atoms with Crippen molar-refractivity contribution in [2.24, 2.45) is 4.99 Å². The summed E-state index contributed by atoms with van der Waals surface area (Å²) in [5.41, 5.74) is -0.0456. The van der Waals surface area contributed by atoms with Crippen molar-refractivity contribution in [3.05, 3.63) is 89.0 Å². The van der Waals surface area contributed by atoms with Gasteiger partial charge in [0.15, 0.2) is 17.3 Å². The average Bonchev–Trinajstić information content (AvgIpc) is 2.81. The molecule has 0 aromatic heterocycles. The van der Waals surface area contributed by atoms with Crippen LogP contribution < -0.4 is 9.47 Å². The number of aliphatic imine (C=N–C) groups is 1. The van der Waals surface area contributed by atoms with Gasteiger partial charge in [-0.05, 0) is 48.0 Å². The van der Waals surface area contributed by atoms with Crippen molar-refractivity contribution in [3.63, 3.8) is 0 Å². The summed E-state index contributed by atoms with van der Waals surface area (Å²) in [6.45, 7) is 0. The molecule has 0 aliphatic carbocycles. The Morgan fingerprint density at radius 1 is 0.939 bits per heavy atom. The molecule has 0 amide bonds. The highest BCUT2D eigenvalue weighted by Crippen LogP contribution is 2.33. The Bertz CT molecular complexity index is 1220. The number of ketones is 1. The normalized spacial score (nSPS) is 11.8. The molecule has 0 saturated carbocycles. The Labute approximate surface area is 188 Å². The first kappa shape index (κ1) is 23.6. The van der Waals surface area contributed by atoms with Gasteiger partial charge in [-0.1, -0.05) is 30.3 Å². The fraction of sp³-hybridized carbons (Fsp3) is 0.120. The number of halogens is 3. The van der Waals surface area contributed by atoms with Crippen LogP contribution in [-0.4, -0.2) is 31.3 Å². The topological polar surface area (TPSA) is 68.1 Å². The number of phenolic OH excluding ortho intramolecular Hbond substituents is 1. The smallest absolute Gasteiger partial charge is 0.416 e. The van der Waals surface area contributed by atoms with Crippen LogP contribution in [0.2, 0.25) is 0 Å². The predicted octanol–water partition coefficient (Wildman–Crippen LogP) is 6.07. The third-order valence-electron chi connectivity index (χ3n) is 4.74. The van der Waals surface area contributed by atoms with Crippen LogP contribution in [0.25, 0.3) is 6.08 Å². The third-order valence-corrected chi connectivity index (χ3v) is 4.74. The number of nitrogens with zero attached hydrogens (tertiary/aromatic N) is 1. The van der Waals surface area contributed by atoms with Crippen molar-refractivity contribution in [2.75, 3.05) is 14.2 Å². The molecule has 0 radical (unpaired) electrons. The Balaban J connectivity index is 1.90. The zero-order valence-corrected chi connectivity index (χ0v) is 17.8. The summed E-state index contributed by atoms with van der Waals surface area (Å²) in [6.07, 6.45) is -0.933. The highest BCUT2D eigenvalue weighted by Gasteiger charge is 2.32. The molecule has 0 heterocycles. The lowest BCUT2D eigenvalue weighted by Crippen LogP contribution is -2.07. The second kappa shape index (κ2) is 10.0. The Morgan fingerprint density at radius 2 is 1.64 bits per heavy atom. The van der Waals surface area contributed by atoms with Gasteiger partial charge in [0.05, 0.1) is 19.8 Å². The number of phenols is 1. The van der Waals surface area contributed by atoms with Gasteiger partial charge in [-0.15, -0.1) is 0 Å². The third kappa shape index (κ3) is 5.60. The van der Waals surface area contributed by atoms with Crippen LogP contribution in [0.5, 0.6) is 17.2 Å². The van der Waals surface area contributed by atoms with E-state index in [2.05, 4.69) is 4.99 Å². The van der Waals surface area contributed by atoms with Gasteiger partial charge in [0.25, 0.3) is 0 Å². The quantitative estimate of drug-likeness (QED) is 0.267. The first-order valence-corrected chi connectivity index (χ1v) is 9.71. The van der Waals surface area contributed by atoms with Gasteiger partial charge >= 0.3 is 6.18 Å². The van der Waals surface area contributed by atoms with Crippen LogP contribution in [0.15, 0.2) is 71.7 Å². The highest BCUT2D eigenvalue weighted by molar-refractivity contribution is 6.07. The molecule has 3 aromatic rings. The number of alkyl halides is 3. The lowest BCUT2D eigenvalue weighted by molar-refractivity contribution is -0.137. The maximum Gasteiger partial charge on any atom is 0.416 e. The van der Waals surface area contributed by atoms with E-state index >= 15 is 0 Å². The van der Waals surface area contributed by atoms with Crippen molar-refractivity contribution >= 4 is 23.8 Å². The number of carbonyl (C=O) groups excluding carboxylic acids is 1.